The summed E-state index contributed by atoms with van der Waals surface area (Å²) in [6.45, 7) is 9.84. The molecule has 5 heteroatoms. The molecular formula is C14H24N4S. The molecular weight excluding hydrogens is 256 g/mol. The van der Waals surface area contributed by atoms with Crippen LogP contribution in [-0.4, -0.2) is 32.8 Å². The average Bonchev–Trinajstić information content (AvgIpc) is 2.80. The van der Waals surface area contributed by atoms with Gasteiger partial charge in [-0.25, -0.2) is 0 Å². The molecule has 1 aromatic rings. The van der Waals surface area contributed by atoms with Gasteiger partial charge in [-0.15, -0.1) is 0 Å². The Labute approximate surface area is 120 Å². The van der Waals surface area contributed by atoms with Gasteiger partial charge in [0.1, 0.15) is 0 Å². The molecule has 0 aliphatic carbocycles. The molecule has 4 nitrogen and oxygen atoms in total. The zero-order chi connectivity index (χ0) is 13.9. The summed E-state index contributed by atoms with van der Waals surface area (Å²) in [4.78, 5) is 4.86. The first-order valence-electron chi connectivity index (χ1n) is 6.90. The lowest BCUT2D eigenvalue weighted by Gasteiger charge is -2.31. The second-order valence-corrected chi connectivity index (χ2v) is 7.31. The largest absolute Gasteiger partial charge is 0.361 e. The Balaban J connectivity index is 1.92. The molecule has 1 aliphatic rings. The lowest BCUT2D eigenvalue weighted by molar-refractivity contribution is 0.315. The van der Waals surface area contributed by atoms with E-state index in [1.54, 1.807) is 0 Å². The smallest absolute Gasteiger partial charge is 0.157 e. The van der Waals surface area contributed by atoms with E-state index in [1.165, 1.54) is 6.42 Å². The summed E-state index contributed by atoms with van der Waals surface area (Å²) >= 11 is 1.83. The minimum Gasteiger partial charge on any atom is -0.361 e. The van der Waals surface area contributed by atoms with Gasteiger partial charge in [-0.3, -0.25) is 9.67 Å². The van der Waals surface area contributed by atoms with Gasteiger partial charge >= 0.3 is 0 Å². The molecule has 19 heavy (non-hydrogen) atoms. The molecule has 0 saturated heterocycles. The third-order valence-corrected chi connectivity index (χ3v) is 4.23. The molecule has 0 amide bonds. The number of aliphatic imine (C=N–C) groups is 1. The zero-order valence-corrected chi connectivity index (χ0v) is 13.1. The second kappa shape index (κ2) is 5.99. The maximum Gasteiger partial charge on any atom is 0.157 e. The average molecular weight is 280 g/mol. The molecule has 2 heterocycles. The Hall–Kier alpha value is -0.970. The molecule has 1 N–H and O–H groups in total. The van der Waals surface area contributed by atoms with Crippen molar-refractivity contribution >= 4 is 16.9 Å². The summed E-state index contributed by atoms with van der Waals surface area (Å²) < 4.78 is 1.95. The highest BCUT2D eigenvalue weighted by atomic mass is 32.2. The van der Waals surface area contributed by atoms with Gasteiger partial charge in [-0.2, -0.15) is 5.10 Å². The van der Waals surface area contributed by atoms with Gasteiger partial charge in [0.05, 0.1) is 12.6 Å². The van der Waals surface area contributed by atoms with Crippen LogP contribution in [0.25, 0.3) is 0 Å². The first kappa shape index (κ1) is 14.4. The topological polar surface area (TPSA) is 42.2 Å². The van der Waals surface area contributed by atoms with Crippen molar-refractivity contribution in [1.29, 1.82) is 0 Å². The Kier molecular flexibility index (Phi) is 4.55. The summed E-state index contributed by atoms with van der Waals surface area (Å²) in [6, 6.07) is 2.72. The van der Waals surface area contributed by atoms with Crippen LogP contribution in [0.4, 0.5) is 0 Å². The first-order chi connectivity index (χ1) is 8.95. The Morgan fingerprint density at radius 2 is 2.32 bits per heavy atom. The van der Waals surface area contributed by atoms with Crippen LogP contribution in [0.1, 0.15) is 34.1 Å². The quantitative estimate of drug-likeness (QED) is 0.925. The van der Waals surface area contributed by atoms with Crippen molar-refractivity contribution in [3.63, 3.8) is 0 Å². The number of rotatable bonds is 3. The van der Waals surface area contributed by atoms with Gasteiger partial charge in [0, 0.05) is 24.2 Å². The van der Waals surface area contributed by atoms with Crippen LogP contribution in [-0.2, 0) is 6.54 Å². The Morgan fingerprint density at radius 1 is 1.53 bits per heavy atom. The number of nitrogens with zero attached hydrogens (tertiary/aromatic N) is 3. The minimum atomic E-state index is 0.249. The van der Waals surface area contributed by atoms with E-state index in [2.05, 4.69) is 38.1 Å². The third kappa shape index (κ3) is 4.27. The molecule has 0 saturated carbocycles. The van der Waals surface area contributed by atoms with Crippen molar-refractivity contribution in [2.45, 2.75) is 52.7 Å². The van der Waals surface area contributed by atoms with E-state index in [-0.39, 0.29) is 5.41 Å². The van der Waals surface area contributed by atoms with Gasteiger partial charge in [-0.05, 0) is 24.8 Å². The number of thioether (sulfide) groups is 1. The molecule has 1 aliphatic heterocycles. The fourth-order valence-corrected chi connectivity index (χ4v) is 3.18. The molecule has 0 radical (unpaired) electrons. The summed E-state index contributed by atoms with van der Waals surface area (Å²) in [7, 11) is 0. The van der Waals surface area contributed by atoms with E-state index in [0.29, 0.717) is 12.1 Å². The standard InChI is InChI=1S/C14H24N4S/c1-11(10-18-8-5-7-15-18)16-13-17-12(6-9-19-13)14(2,3)4/h5,7-8,11-12H,6,9-10H2,1-4H3,(H,16,17). The maximum absolute atomic E-state index is 4.86. The normalized spacial score (nSPS) is 21.9. The summed E-state index contributed by atoms with van der Waals surface area (Å²) in [6.07, 6.45) is 4.98. The van der Waals surface area contributed by atoms with E-state index in [0.717, 1.165) is 17.5 Å². The van der Waals surface area contributed by atoms with Crippen LogP contribution in [0.15, 0.2) is 23.5 Å². The van der Waals surface area contributed by atoms with Crippen LogP contribution in [0.2, 0.25) is 0 Å². The van der Waals surface area contributed by atoms with Gasteiger partial charge in [0.15, 0.2) is 5.17 Å². The van der Waals surface area contributed by atoms with Crippen molar-refractivity contribution < 1.29 is 0 Å². The molecule has 0 bridgehead atoms. The van der Waals surface area contributed by atoms with E-state index in [9.17, 15) is 0 Å². The number of hydrogen-bond acceptors (Lipinski definition) is 4. The fourth-order valence-electron chi connectivity index (χ4n) is 2.16. The van der Waals surface area contributed by atoms with Crippen LogP contribution in [0.5, 0.6) is 0 Å². The predicted molar refractivity (Wildman–Crippen MR) is 82.6 cm³/mol. The molecule has 2 atom stereocenters. The van der Waals surface area contributed by atoms with Crippen LogP contribution in [0.3, 0.4) is 0 Å². The van der Waals surface area contributed by atoms with Gasteiger partial charge in [-0.1, -0.05) is 32.5 Å². The van der Waals surface area contributed by atoms with Gasteiger partial charge in [0.2, 0.25) is 0 Å². The van der Waals surface area contributed by atoms with E-state index < -0.39 is 0 Å². The summed E-state index contributed by atoms with van der Waals surface area (Å²) in [5.41, 5.74) is 0.249. The van der Waals surface area contributed by atoms with Crippen molar-refractivity contribution in [3.05, 3.63) is 18.5 Å². The van der Waals surface area contributed by atoms with Crippen molar-refractivity contribution in [2.24, 2.45) is 10.4 Å². The van der Waals surface area contributed by atoms with Crippen LogP contribution >= 0.6 is 11.8 Å². The van der Waals surface area contributed by atoms with Gasteiger partial charge < -0.3 is 5.32 Å². The number of hydrogen-bond donors (Lipinski definition) is 1. The first-order valence-corrected chi connectivity index (χ1v) is 7.88. The van der Waals surface area contributed by atoms with Crippen molar-refractivity contribution in [1.82, 2.24) is 15.1 Å². The number of nitrogens with one attached hydrogen (secondary N) is 1. The number of aromatic nitrogens is 2. The second-order valence-electron chi connectivity index (χ2n) is 6.23. The number of amidine groups is 1. The minimum absolute atomic E-state index is 0.249. The highest BCUT2D eigenvalue weighted by molar-refractivity contribution is 8.13. The van der Waals surface area contributed by atoms with Crippen LogP contribution < -0.4 is 5.32 Å². The van der Waals surface area contributed by atoms with E-state index in [1.807, 2.05) is 34.9 Å². The highest BCUT2D eigenvalue weighted by Crippen LogP contribution is 2.30. The Bertz CT molecular complexity index is 419. The monoisotopic (exact) mass is 280 g/mol. The molecule has 106 valence electrons. The SMILES string of the molecule is CC(Cn1cccn1)NC1=NC(C(C)(C)C)CCS1. The predicted octanol–water partition coefficient (Wildman–Crippen LogP) is 2.77. The summed E-state index contributed by atoms with van der Waals surface area (Å²) in [5, 5.41) is 8.83. The molecule has 0 fully saturated rings. The molecule has 0 spiro atoms. The molecule has 0 aromatic carbocycles. The fraction of sp³-hybridized carbons (Fsp3) is 0.714. The zero-order valence-electron chi connectivity index (χ0n) is 12.3. The highest BCUT2D eigenvalue weighted by Gasteiger charge is 2.27. The van der Waals surface area contributed by atoms with Crippen molar-refractivity contribution in [3.8, 4) is 0 Å². The Morgan fingerprint density at radius 3 is 2.95 bits per heavy atom. The van der Waals surface area contributed by atoms with Gasteiger partial charge in [0.25, 0.3) is 0 Å². The third-order valence-electron chi connectivity index (χ3n) is 3.29. The molecule has 1 aromatic heterocycles. The van der Waals surface area contributed by atoms with E-state index >= 15 is 0 Å². The lowest BCUT2D eigenvalue weighted by Crippen LogP contribution is -2.38. The molecule has 2 rings (SSSR count). The maximum atomic E-state index is 4.86. The molecule has 2 unspecified atom stereocenters. The van der Waals surface area contributed by atoms with Crippen molar-refractivity contribution in [2.75, 3.05) is 5.75 Å². The summed E-state index contributed by atoms with van der Waals surface area (Å²) in [5.74, 6) is 1.16. The van der Waals surface area contributed by atoms with Crippen LogP contribution in [0, 0.1) is 5.41 Å². The van der Waals surface area contributed by atoms with E-state index in [4.69, 9.17) is 4.99 Å². The lowest BCUT2D eigenvalue weighted by atomic mass is 9.85.